The van der Waals surface area contributed by atoms with Crippen molar-refractivity contribution < 1.29 is 19.2 Å². The molecule has 0 saturated carbocycles. The number of carbonyl (C=O) groups excluding carboxylic acids is 1. The summed E-state index contributed by atoms with van der Waals surface area (Å²) in [5, 5.41) is 15.3. The highest BCUT2D eigenvalue weighted by Gasteiger charge is 2.38. The molecule has 0 aromatic heterocycles. The van der Waals surface area contributed by atoms with Crippen molar-refractivity contribution in [1.82, 2.24) is 16.3 Å². The summed E-state index contributed by atoms with van der Waals surface area (Å²) < 4.78 is 10.3. The molecule has 0 atom stereocenters. The molecule has 4 rings (SSSR count). The van der Waals surface area contributed by atoms with Gasteiger partial charge in [-0.3, -0.25) is 14.9 Å². The van der Waals surface area contributed by atoms with Gasteiger partial charge in [-0.25, -0.2) is 10.9 Å². The highest BCUT2D eigenvalue weighted by Crippen LogP contribution is 2.35. The van der Waals surface area contributed by atoms with E-state index in [2.05, 4.69) is 21.4 Å². The zero-order chi connectivity index (χ0) is 24.8. The number of hydrazone groups is 1. The number of benzene rings is 3. The van der Waals surface area contributed by atoms with Crippen LogP contribution in [0.4, 0.5) is 5.69 Å². The van der Waals surface area contributed by atoms with Crippen molar-refractivity contribution in [2.75, 3.05) is 14.2 Å². The maximum absolute atomic E-state index is 12.9. The van der Waals surface area contributed by atoms with E-state index >= 15 is 0 Å². The first-order valence-electron chi connectivity index (χ1n) is 10.6. The van der Waals surface area contributed by atoms with Gasteiger partial charge in [-0.2, -0.15) is 5.10 Å². The van der Waals surface area contributed by atoms with Gasteiger partial charge in [-0.1, -0.05) is 60.7 Å². The largest absolute Gasteiger partial charge is 0.496 e. The highest BCUT2D eigenvalue weighted by atomic mass is 16.6. The highest BCUT2D eigenvalue weighted by molar-refractivity contribution is 5.95. The summed E-state index contributed by atoms with van der Waals surface area (Å²) in [4.78, 5) is 23.6. The van der Waals surface area contributed by atoms with Gasteiger partial charge in [0.15, 0.2) is 0 Å². The summed E-state index contributed by atoms with van der Waals surface area (Å²) in [7, 11) is 2.75. The predicted molar refractivity (Wildman–Crippen MR) is 130 cm³/mol. The van der Waals surface area contributed by atoms with Crippen LogP contribution in [0.5, 0.6) is 11.5 Å². The second-order valence-corrected chi connectivity index (χ2v) is 7.57. The Labute approximate surface area is 201 Å². The summed E-state index contributed by atoms with van der Waals surface area (Å²) in [6.45, 7) is 0. The number of ether oxygens (including phenoxy) is 2. The van der Waals surface area contributed by atoms with E-state index in [0.717, 1.165) is 11.1 Å². The fourth-order valence-corrected chi connectivity index (χ4v) is 3.83. The third-order valence-electron chi connectivity index (χ3n) is 5.56. The number of hydrogen-bond donors (Lipinski definition) is 3. The second-order valence-electron chi connectivity index (χ2n) is 7.57. The van der Waals surface area contributed by atoms with E-state index < -0.39 is 16.4 Å². The van der Waals surface area contributed by atoms with Crippen molar-refractivity contribution in [3.63, 3.8) is 0 Å². The number of nitro benzene ring substituents is 1. The van der Waals surface area contributed by atoms with Gasteiger partial charge in [-0.15, -0.1) is 0 Å². The molecular weight excluding hydrogens is 450 g/mol. The van der Waals surface area contributed by atoms with Gasteiger partial charge < -0.3 is 14.9 Å². The van der Waals surface area contributed by atoms with Gasteiger partial charge in [0, 0.05) is 17.7 Å². The fraction of sp³-hybridized carbons (Fsp3) is 0.120. The van der Waals surface area contributed by atoms with Crippen LogP contribution in [-0.4, -0.2) is 31.3 Å². The number of hydrazine groups is 1. The summed E-state index contributed by atoms with van der Waals surface area (Å²) >= 11 is 0. The van der Waals surface area contributed by atoms with Gasteiger partial charge in [0.2, 0.25) is 5.75 Å². The van der Waals surface area contributed by atoms with Crippen molar-refractivity contribution >= 4 is 17.8 Å². The normalized spacial score (nSPS) is 14.2. The van der Waals surface area contributed by atoms with Crippen molar-refractivity contribution in [2.45, 2.75) is 5.54 Å². The van der Waals surface area contributed by atoms with Crippen LogP contribution in [0, 0.1) is 10.1 Å². The molecule has 3 N–H and O–H groups in total. The minimum absolute atomic E-state index is 0.0533. The molecule has 35 heavy (non-hydrogen) atoms. The number of nitro groups is 1. The molecule has 3 aromatic carbocycles. The molecule has 10 nitrogen and oxygen atoms in total. The van der Waals surface area contributed by atoms with Crippen LogP contribution in [0.3, 0.4) is 0 Å². The lowest BCUT2D eigenvalue weighted by atomic mass is 9.83. The topological polar surface area (TPSA) is 127 Å². The lowest BCUT2D eigenvalue weighted by molar-refractivity contribution is -0.385. The van der Waals surface area contributed by atoms with Crippen molar-refractivity contribution in [1.29, 1.82) is 0 Å². The molecule has 1 heterocycles. The smallest absolute Gasteiger partial charge is 0.311 e. The Kier molecular flexibility index (Phi) is 6.74. The van der Waals surface area contributed by atoms with E-state index in [0.29, 0.717) is 11.3 Å². The average Bonchev–Trinajstić information content (AvgIpc) is 3.36. The van der Waals surface area contributed by atoms with Crippen molar-refractivity contribution in [3.05, 3.63) is 111 Å². The standard InChI is InChI=1S/C25H23N5O5/c1-34-22-14-23(35-2)21(30(32)33)13-17(22)16-26-28-24(31)20-15-25(29-27-20,18-9-5-3-6-10-18)19-11-7-4-8-12-19/h3-16,27,29H,1-2H3,(H,28,31). The fourth-order valence-electron chi connectivity index (χ4n) is 3.83. The zero-order valence-corrected chi connectivity index (χ0v) is 19.0. The molecule has 0 saturated heterocycles. The molecule has 178 valence electrons. The van der Waals surface area contributed by atoms with Gasteiger partial charge >= 0.3 is 5.69 Å². The zero-order valence-electron chi connectivity index (χ0n) is 19.0. The van der Waals surface area contributed by atoms with E-state index in [-0.39, 0.29) is 17.1 Å². The lowest BCUT2D eigenvalue weighted by Gasteiger charge is -2.28. The number of hydrogen-bond acceptors (Lipinski definition) is 8. The Balaban J connectivity index is 1.59. The van der Waals surface area contributed by atoms with Crippen LogP contribution in [0.2, 0.25) is 0 Å². The van der Waals surface area contributed by atoms with E-state index in [1.165, 1.54) is 32.6 Å². The van der Waals surface area contributed by atoms with Gasteiger partial charge in [0.1, 0.15) is 17.0 Å². The quantitative estimate of drug-likeness (QED) is 0.261. The van der Waals surface area contributed by atoms with Crippen LogP contribution >= 0.6 is 0 Å². The van der Waals surface area contributed by atoms with E-state index in [4.69, 9.17) is 9.47 Å². The van der Waals surface area contributed by atoms with Crippen LogP contribution in [0.1, 0.15) is 16.7 Å². The Hall–Kier alpha value is -4.70. The predicted octanol–water partition coefficient (Wildman–Crippen LogP) is 3.00. The number of carbonyl (C=O) groups is 1. The number of nitrogens with one attached hydrogen (secondary N) is 3. The first kappa shape index (κ1) is 23.5. The average molecular weight is 473 g/mol. The molecule has 1 aliphatic heterocycles. The Morgan fingerprint density at radius 2 is 1.60 bits per heavy atom. The maximum Gasteiger partial charge on any atom is 0.311 e. The van der Waals surface area contributed by atoms with E-state index in [9.17, 15) is 14.9 Å². The number of amides is 1. The SMILES string of the molecule is COc1cc(OC)c([N+](=O)[O-])cc1C=NNC(=O)C1=CC(c2ccccc2)(c2ccccc2)NN1. The summed E-state index contributed by atoms with van der Waals surface area (Å²) in [5.41, 5.74) is 10.1. The molecule has 1 aliphatic rings. The van der Waals surface area contributed by atoms with Gasteiger partial charge in [-0.05, 0) is 17.2 Å². The lowest BCUT2D eigenvalue weighted by Crippen LogP contribution is -2.44. The van der Waals surface area contributed by atoms with Gasteiger partial charge in [0.25, 0.3) is 5.91 Å². The third-order valence-corrected chi connectivity index (χ3v) is 5.56. The summed E-state index contributed by atoms with van der Waals surface area (Å²) in [6, 6.07) is 22.1. The Bertz CT molecular complexity index is 1250. The number of nitrogens with zero attached hydrogens (tertiary/aromatic N) is 2. The molecule has 1 amide bonds. The molecular formula is C25H23N5O5. The monoisotopic (exact) mass is 473 g/mol. The van der Waals surface area contributed by atoms with Crippen molar-refractivity contribution in [2.24, 2.45) is 5.10 Å². The van der Waals surface area contributed by atoms with Crippen LogP contribution in [-0.2, 0) is 10.3 Å². The Morgan fingerprint density at radius 3 is 2.14 bits per heavy atom. The van der Waals surface area contributed by atoms with Crippen LogP contribution in [0.15, 0.2) is 89.7 Å². The first-order chi connectivity index (χ1) is 17.0. The van der Waals surface area contributed by atoms with Gasteiger partial charge in [0.05, 0.1) is 25.4 Å². The minimum Gasteiger partial charge on any atom is -0.496 e. The summed E-state index contributed by atoms with van der Waals surface area (Å²) in [5.74, 6) is -0.139. The first-order valence-corrected chi connectivity index (χ1v) is 10.6. The molecule has 3 aromatic rings. The van der Waals surface area contributed by atoms with Crippen LogP contribution in [0.25, 0.3) is 0 Å². The van der Waals surface area contributed by atoms with E-state index in [1.807, 2.05) is 60.7 Å². The Morgan fingerprint density at radius 1 is 1.00 bits per heavy atom. The molecule has 0 bridgehead atoms. The second kappa shape index (κ2) is 10.1. The third kappa shape index (κ3) is 4.68. The number of methoxy groups -OCH3 is 2. The molecule has 0 radical (unpaired) electrons. The van der Waals surface area contributed by atoms with Crippen LogP contribution < -0.4 is 25.8 Å². The van der Waals surface area contributed by atoms with Crippen molar-refractivity contribution in [3.8, 4) is 11.5 Å². The van der Waals surface area contributed by atoms with E-state index in [1.54, 1.807) is 6.08 Å². The minimum atomic E-state index is -0.765. The molecule has 0 unspecified atom stereocenters. The molecule has 0 aliphatic carbocycles. The maximum atomic E-state index is 12.9. The summed E-state index contributed by atoms with van der Waals surface area (Å²) in [6.07, 6.45) is 3.06. The molecule has 0 spiro atoms. The molecule has 10 heteroatoms. The molecule has 0 fully saturated rings. The number of rotatable bonds is 8.